The minimum Gasteiger partial charge on any atom is -0.478 e. The topological polar surface area (TPSA) is 58.4 Å². The summed E-state index contributed by atoms with van der Waals surface area (Å²) in [6.45, 7) is 1.79. The smallest absolute Gasteiger partial charge is 0.336 e. The summed E-state index contributed by atoms with van der Waals surface area (Å²) in [5, 5.41) is 14.5. The van der Waals surface area contributed by atoms with Crippen molar-refractivity contribution in [2.24, 2.45) is 0 Å². The lowest BCUT2D eigenvalue weighted by atomic mass is 10.1. The molecule has 1 aromatic heterocycles. The highest BCUT2D eigenvalue weighted by molar-refractivity contribution is 9.11. The fraction of sp³-hybridized carbons (Fsp3) is 0.200. The van der Waals surface area contributed by atoms with Crippen LogP contribution in [0, 0.1) is 0 Å². The Morgan fingerprint density at radius 3 is 2.59 bits per heavy atom. The summed E-state index contributed by atoms with van der Waals surface area (Å²) in [5.41, 5.74) is 1.78. The molecule has 2 heterocycles. The number of anilines is 1. The van der Waals surface area contributed by atoms with Crippen molar-refractivity contribution in [3.05, 3.63) is 45.5 Å². The van der Waals surface area contributed by atoms with Gasteiger partial charge < -0.3 is 10.0 Å². The molecule has 0 saturated heterocycles. The van der Waals surface area contributed by atoms with E-state index in [0.717, 1.165) is 5.56 Å². The van der Waals surface area contributed by atoms with Gasteiger partial charge in [-0.05, 0) is 22.9 Å². The van der Waals surface area contributed by atoms with Gasteiger partial charge in [0.1, 0.15) is 10.7 Å². The Balaban J connectivity index is 2.20. The molecule has 1 unspecified atom stereocenters. The molecule has 5 nitrogen and oxygen atoms in total. The highest BCUT2D eigenvalue weighted by Crippen LogP contribution is 2.44. The lowest BCUT2D eigenvalue weighted by Crippen LogP contribution is -2.31. The highest BCUT2D eigenvalue weighted by Gasteiger charge is 2.35. The largest absolute Gasteiger partial charge is 0.478 e. The Bertz CT molecular complexity index is 786. The van der Waals surface area contributed by atoms with E-state index in [-0.39, 0.29) is 5.57 Å². The van der Waals surface area contributed by atoms with Gasteiger partial charge in [-0.3, -0.25) is 0 Å². The van der Waals surface area contributed by atoms with E-state index in [2.05, 4.69) is 21.0 Å². The number of halogens is 2. The van der Waals surface area contributed by atoms with Crippen molar-refractivity contribution >= 4 is 39.3 Å². The summed E-state index contributed by atoms with van der Waals surface area (Å²) in [4.78, 5) is 13.2. The average Bonchev–Trinajstić information content (AvgIpc) is 2.84. The molecule has 0 radical (unpaired) electrons. The second-order valence-corrected chi connectivity index (χ2v) is 6.17. The Hall–Kier alpha value is -1.79. The van der Waals surface area contributed by atoms with Gasteiger partial charge in [-0.25, -0.2) is 9.48 Å². The molecule has 1 aliphatic heterocycles. The standard InChI is InChI=1S/C15H13BrClN3O2/c1-8-10(15(21)22)13(16)19(2)14-11(17)12(18-20(8)14)9-6-4-3-5-7-9/h3-8H,1-2H3,(H,21,22). The molecular weight excluding hydrogens is 370 g/mol. The van der Waals surface area contributed by atoms with Gasteiger partial charge in [0.2, 0.25) is 0 Å². The van der Waals surface area contributed by atoms with E-state index in [1.165, 1.54) is 0 Å². The van der Waals surface area contributed by atoms with Crippen LogP contribution in [0.25, 0.3) is 11.3 Å². The fourth-order valence-electron chi connectivity index (χ4n) is 2.59. The number of carboxylic acids is 1. The normalized spacial score (nSPS) is 17.6. The third-order valence-corrected chi connectivity index (χ3v) is 5.03. The average molecular weight is 383 g/mol. The van der Waals surface area contributed by atoms with Gasteiger partial charge in [0.05, 0.1) is 16.2 Å². The van der Waals surface area contributed by atoms with E-state index in [9.17, 15) is 9.90 Å². The van der Waals surface area contributed by atoms with Crippen molar-refractivity contribution in [2.75, 3.05) is 11.9 Å². The van der Waals surface area contributed by atoms with Crippen molar-refractivity contribution in [1.29, 1.82) is 0 Å². The van der Waals surface area contributed by atoms with Gasteiger partial charge in [-0.1, -0.05) is 41.9 Å². The monoisotopic (exact) mass is 381 g/mol. The molecule has 114 valence electrons. The van der Waals surface area contributed by atoms with Crippen LogP contribution in [-0.2, 0) is 4.79 Å². The van der Waals surface area contributed by atoms with Gasteiger partial charge >= 0.3 is 5.97 Å². The molecule has 0 amide bonds. The van der Waals surface area contributed by atoms with Gasteiger partial charge in [-0.15, -0.1) is 0 Å². The van der Waals surface area contributed by atoms with E-state index in [0.29, 0.717) is 21.1 Å². The summed E-state index contributed by atoms with van der Waals surface area (Å²) in [6.07, 6.45) is 0. The number of carbonyl (C=O) groups is 1. The fourth-order valence-corrected chi connectivity index (χ4v) is 3.62. The maximum Gasteiger partial charge on any atom is 0.336 e. The van der Waals surface area contributed by atoms with Crippen LogP contribution in [0.2, 0.25) is 5.02 Å². The zero-order valence-electron chi connectivity index (χ0n) is 11.9. The van der Waals surface area contributed by atoms with Crippen LogP contribution in [0.4, 0.5) is 5.82 Å². The Morgan fingerprint density at radius 2 is 2.00 bits per heavy atom. The molecule has 0 spiro atoms. The number of aliphatic carboxylic acids is 1. The number of fused-ring (bicyclic) bond motifs is 1. The highest BCUT2D eigenvalue weighted by atomic mass is 79.9. The van der Waals surface area contributed by atoms with E-state index >= 15 is 0 Å². The van der Waals surface area contributed by atoms with E-state index in [1.54, 1.807) is 23.6 Å². The van der Waals surface area contributed by atoms with Crippen molar-refractivity contribution in [3.63, 3.8) is 0 Å². The molecule has 22 heavy (non-hydrogen) atoms. The second-order valence-electron chi connectivity index (χ2n) is 5.04. The molecule has 3 rings (SSSR count). The van der Waals surface area contributed by atoms with Gasteiger partial charge in [0.15, 0.2) is 5.82 Å². The first-order valence-electron chi connectivity index (χ1n) is 6.63. The van der Waals surface area contributed by atoms with Crippen LogP contribution < -0.4 is 4.90 Å². The van der Waals surface area contributed by atoms with Crippen LogP contribution in [0.3, 0.4) is 0 Å². The number of hydrogen-bond donors (Lipinski definition) is 1. The molecule has 7 heteroatoms. The maximum atomic E-state index is 11.5. The molecule has 0 fully saturated rings. The molecule has 1 N–H and O–H groups in total. The third kappa shape index (κ3) is 2.14. The number of hydrogen-bond acceptors (Lipinski definition) is 3. The molecule has 1 aromatic carbocycles. The Labute approximate surface area is 140 Å². The molecule has 0 bridgehead atoms. The summed E-state index contributed by atoms with van der Waals surface area (Å²) in [5.74, 6) is -0.311. The summed E-state index contributed by atoms with van der Waals surface area (Å²) in [6, 6.07) is 9.16. The first-order valence-corrected chi connectivity index (χ1v) is 7.80. The SMILES string of the molecule is CC1C(C(=O)O)=C(Br)N(C)c2c(Cl)c(-c3ccccc3)nn21. The zero-order valence-corrected chi connectivity index (χ0v) is 14.3. The minimum atomic E-state index is -0.982. The van der Waals surface area contributed by atoms with Crippen molar-refractivity contribution in [1.82, 2.24) is 9.78 Å². The van der Waals surface area contributed by atoms with Gasteiger partial charge in [0, 0.05) is 12.6 Å². The molecule has 0 saturated carbocycles. The molecule has 2 aromatic rings. The lowest BCUT2D eigenvalue weighted by molar-refractivity contribution is -0.133. The maximum absolute atomic E-state index is 11.5. The lowest BCUT2D eigenvalue weighted by Gasteiger charge is -2.30. The van der Waals surface area contributed by atoms with Crippen molar-refractivity contribution in [2.45, 2.75) is 13.0 Å². The predicted molar refractivity (Wildman–Crippen MR) is 89.4 cm³/mol. The Morgan fingerprint density at radius 1 is 1.36 bits per heavy atom. The van der Waals surface area contributed by atoms with Crippen LogP contribution in [-0.4, -0.2) is 27.9 Å². The number of nitrogens with zero attached hydrogens (tertiary/aromatic N) is 3. The first-order chi connectivity index (χ1) is 10.4. The van der Waals surface area contributed by atoms with Gasteiger partial charge in [0.25, 0.3) is 0 Å². The minimum absolute atomic E-state index is 0.244. The van der Waals surface area contributed by atoms with Gasteiger partial charge in [-0.2, -0.15) is 5.10 Å². The Kier molecular flexibility index (Phi) is 3.74. The van der Waals surface area contributed by atoms with Crippen LogP contribution in [0.1, 0.15) is 13.0 Å². The number of benzene rings is 1. The summed E-state index contributed by atoms with van der Waals surface area (Å²) in [7, 11) is 1.76. The van der Waals surface area contributed by atoms with Crippen LogP contribution in [0.15, 0.2) is 40.5 Å². The number of rotatable bonds is 2. The number of aromatic nitrogens is 2. The van der Waals surface area contributed by atoms with E-state index in [1.807, 2.05) is 30.3 Å². The van der Waals surface area contributed by atoms with Crippen LogP contribution in [0.5, 0.6) is 0 Å². The third-order valence-electron chi connectivity index (χ3n) is 3.73. The molecule has 1 aliphatic rings. The number of carboxylic acid groups (broad SMARTS) is 1. The summed E-state index contributed by atoms with van der Waals surface area (Å²) >= 11 is 9.87. The summed E-state index contributed by atoms with van der Waals surface area (Å²) < 4.78 is 2.14. The molecule has 0 aliphatic carbocycles. The molecule has 1 atom stereocenters. The van der Waals surface area contributed by atoms with E-state index in [4.69, 9.17) is 11.6 Å². The first kappa shape index (κ1) is 15.1. The predicted octanol–water partition coefficient (Wildman–Crippen LogP) is 3.91. The zero-order chi connectivity index (χ0) is 16.0. The van der Waals surface area contributed by atoms with Crippen molar-refractivity contribution < 1.29 is 9.90 Å². The van der Waals surface area contributed by atoms with Crippen LogP contribution >= 0.6 is 27.5 Å². The van der Waals surface area contributed by atoms with E-state index < -0.39 is 12.0 Å². The quantitative estimate of drug-likeness (QED) is 0.800. The van der Waals surface area contributed by atoms with Crippen molar-refractivity contribution in [3.8, 4) is 11.3 Å². The second kappa shape index (κ2) is 5.44. The molecular formula is C15H13BrClN3O2.